The molecular weight excluding hydrogens is 335 g/mol. The molecule has 2 atom stereocenters. The molecule has 1 aliphatic heterocycles. The van der Waals surface area contributed by atoms with E-state index in [0.29, 0.717) is 0 Å². The van der Waals surface area contributed by atoms with E-state index >= 15 is 0 Å². The van der Waals surface area contributed by atoms with Crippen molar-refractivity contribution in [3.63, 3.8) is 0 Å². The molecule has 124 valence electrons. The summed E-state index contributed by atoms with van der Waals surface area (Å²) in [6, 6.07) is -0.286. The zero-order chi connectivity index (χ0) is 15.7. The van der Waals surface area contributed by atoms with Crippen molar-refractivity contribution in [2.24, 2.45) is 5.92 Å². The van der Waals surface area contributed by atoms with Gasteiger partial charge in [-0.1, -0.05) is 36.5 Å². The zero-order valence-electron chi connectivity index (χ0n) is 13.4. The fourth-order valence-electron chi connectivity index (χ4n) is 3.37. The minimum atomic E-state index is -0.206. The van der Waals surface area contributed by atoms with Crippen molar-refractivity contribution in [3.8, 4) is 0 Å². The quantitative estimate of drug-likeness (QED) is 0.670. The van der Waals surface area contributed by atoms with Gasteiger partial charge in [-0.2, -0.15) is 0 Å². The maximum atomic E-state index is 12.1. The molecule has 0 aromatic heterocycles. The third kappa shape index (κ3) is 3.35. The normalized spacial score (nSPS) is 27.6. The number of hydrogen-bond acceptors (Lipinski definition) is 2. The predicted octanol–water partition coefficient (Wildman–Crippen LogP) is 2.86. The second kappa shape index (κ2) is 7.32. The van der Waals surface area contributed by atoms with Crippen LogP contribution in [0.4, 0.5) is 4.79 Å². The molecule has 0 bridgehead atoms. The molecule has 4 rings (SSSR count). The maximum Gasteiger partial charge on any atom is 0.326 e. The smallest absolute Gasteiger partial charge is 0.320 e. The summed E-state index contributed by atoms with van der Waals surface area (Å²) >= 11 is 0. The number of urea groups is 1. The average molecular weight is 356 g/mol. The van der Waals surface area contributed by atoms with E-state index in [1.165, 1.54) is 22.5 Å². The van der Waals surface area contributed by atoms with Gasteiger partial charge in [0.05, 0.1) is 12.0 Å². The number of allylic oxidation sites excluding steroid dienone is 6. The first-order valence-corrected chi connectivity index (χ1v) is 7.72. The van der Waals surface area contributed by atoms with Crippen LogP contribution in [0.2, 0.25) is 0 Å². The summed E-state index contributed by atoms with van der Waals surface area (Å²) in [7, 11) is 3.33. The second-order valence-corrected chi connectivity index (χ2v) is 6.01. The van der Waals surface area contributed by atoms with Gasteiger partial charge in [-0.3, -0.25) is 9.69 Å². The Kier molecular flexibility index (Phi) is 5.65. The molecule has 3 aliphatic carbocycles. The summed E-state index contributed by atoms with van der Waals surface area (Å²) in [5.74, 6) is -0.257. The standard InChI is InChI=1S/C13H16N2O2.C5H5.Co/c1-14-11-7-9-5-3-4-8(9)6-10(11)12(16)15(2)13(14)17;1-2-4-5-3-1;/h6-7,10-11H,3-5H2,1-2H3;1-5H;/t10-,11+;;/m1../s1. The number of hydrogen-bond donors (Lipinski definition) is 0. The van der Waals surface area contributed by atoms with E-state index in [1.54, 1.807) is 19.0 Å². The molecule has 2 fully saturated rings. The first-order chi connectivity index (χ1) is 10.6. The van der Waals surface area contributed by atoms with Gasteiger partial charge in [0, 0.05) is 37.3 Å². The minimum Gasteiger partial charge on any atom is -0.320 e. The molecule has 0 unspecified atom stereocenters. The van der Waals surface area contributed by atoms with Gasteiger partial charge in [0.2, 0.25) is 5.91 Å². The van der Waals surface area contributed by atoms with E-state index in [4.69, 9.17) is 0 Å². The van der Waals surface area contributed by atoms with Gasteiger partial charge in [-0.05, 0) is 30.4 Å². The van der Waals surface area contributed by atoms with Crippen molar-refractivity contribution >= 4 is 11.9 Å². The largest absolute Gasteiger partial charge is 0.326 e. The Balaban J connectivity index is 0.000000276. The minimum absolute atomic E-state index is 0. The Morgan fingerprint density at radius 2 is 1.57 bits per heavy atom. The SMILES string of the molecule is CN1C(=O)[C@@H]2C=C3CCCC3=C[C@@H]2N(C)C1=O.[CH]1C=CC=C1.[Co]. The number of carbonyl (C=O) groups is 2. The molecule has 5 heteroatoms. The summed E-state index contributed by atoms with van der Waals surface area (Å²) in [6.07, 6.45) is 17.5. The fraction of sp³-hybridized carbons (Fsp3) is 0.389. The van der Waals surface area contributed by atoms with Gasteiger partial charge in [0.15, 0.2) is 0 Å². The fourth-order valence-corrected chi connectivity index (χ4v) is 3.37. The van der Waals surface area contributed by atoms with E-state index < -0.39 is 0 Å². The van der Waals surface area contributed by atoms with Gasteiger partial charge in [0.25, 0.3) is 0 Å². The van der Waals surface area contributed by atoms with Crippen molar-refractivity contribution < 1.29 is 26.4 Å². The first-order valence-electron chi connectivity index (χ1n) is 7.72. The predicted molar refractivity (Wildman–Crippen MR) is 85.8 cm³/mol. The topological polar surface area (TPSA) is 40.6 Å². The molecule has 1 saturated carbocycles. The summed E-state index contributed by atoms with van der Waals surface area (Å²) in [5.41, 5.74) is 2.65. The number of likely N-dealkylation sites (N-methyl/N-ethyl adjacent to an activating group) is 1. The molecule has 3 amide bonds. The Morgan fingerprint density at radius 1 is 0.957 bits per heavy atom. The summed E-state index contributed by atoms with van der Waals surface area (Å²) in [6.45, 7) is 0. The number of fused-ring (bicyclic) bond motifs is 2. The molecular formula is C18H21CoN2O2. The Hall–Kier alpha value is -1.59. The molecule has 1 heterocycles. The van der Waals surface area contributed by atoms with Gasteiger partial charge >= 0.3 is 6.03 Å². The van der Waals surface area contributed by atoms with E-state index in [9.17, 15) is 9.59 Å². The van der Waals surface area contributed by atoms with Gasteiger partial charge in [0.1, 0.15) is 0 Å². The number of imide groups is 1. The van der Waals surface area contributed by atoms with Crippen molar-refractivity contribution in [1.82, 2.24) is 9.80 Å². The molecule has 4 nitrogen and oxygen atoms in total. The second-order valence-electron chi connectivity index (χ2n) is 6.01. The molecule has 0 N–H and O–H groups in total. The van der Waals surface area contributed by atoms with Crippen LogP contribution < -0.4 is 0 Å². The Morgan fingerprint density at radius 3 is 2.13 bits per heavy atom. The van der Waals surface area contributed by atoms with E-state index in [0.717, 1.165) is 12.8 Å². The third-order valence-corrected chi connectivity index (χ3v) is 4.63. The molecule has 23 heavy (non-hydrogen) atoms. The van der Waals surface area contributed by atoms with Crippen molar-refractivity contribution in [2.45, 2.75) is 25.3 Å². The molecule has 2 radical (unpaired) electrons. The zero-order valence-corrected chi connectivity index (χ0v) is 14.4. The van der Waals surface area contributed by atoms with Crippen LogP contribution >= 0.6 is 0 Å². The van der Waals surface area contributed by atoms with Crippen LogP contribution in [0.15, 0.2) is 47.6 Å². The number of amides is 3. The van der Waals surface area contributed by atoms with Crippen LogP contribution in [-0.2, 0) is 21.6 Å². The van der Waals surface area contributed by atoms with Gasteiger partial charge in [-0.25, -0.2) is 4.79 Å². The van der Waals surface area contributed by atoms with Crippen LogP contribution in [0.3, 0.4) is 0 Å². The molecule has 0 aromatic carbocycles. The summed E-state index contributed by atoms with van der Waals surface area (Å²) in [5, 5.41) is 0. The van der Waals surface area contributed by atoms with Gasteiger partial charge in [-0.15, -0.1) is 0 Å². The van der Waals surface area contributed by atoms with Crippen LogP contribution in [0.1, 0.15) is 19.3 Å². The van der Waals surface area contributed by atoms with E-state index in [-0.39, 0.29) is 40.7 Å². The Bertz CT molecular complexity index is 609. The van der Waals surface area contributed by atoms with Crippen molar-refractivity contribution in [3.05, 3.63) is 54.0 Å². The first kappa shape index (κ1) is 17.8. The maximum absolute atomic E-state index is 12.1. The van der Waals surface area contributed by atoms with Crippen molar-refractivity contribution in [1.29, 1.82) is 0 Å². The number of nitrogens with zero attached hydrogens (tertiary/aromatic N) is 2. The van der Waals surface area contributed by atoms with E-state index in [2.05, 4.69) is 12.2 Å². The number of rotatable bonds is 0. The molecule has 4 aliphatic rings. The monoisotopic (exact) mass is 356 g/mol. The number of carbonyl (C=O) groups excluding carboxylic acids is 2. The molecule has 1 saturated heterocycles. The van der Waals surface area contributed by atoms with Crippen molar-refractivity contribution in [2.75, 3.05) is 14.1 Å². The van der Waals surface area contributed by atoms with Gasteiger partial charge < -0.3 is 4.90 Å². The molecule has 0 spiro atoms. The van der Waals surface area contributed by atoms with Crippen LogP contribution in [-0.4, -0.2) is 41.9 Å². The van der Waals surface area contributed by atoms with Crippen LogP contribution in [0.25, 0.3) is 0 Å². The summed E-state index contributed by atoms with van der Waals surface area (Å²) in [4.78, 5) is 26.9. The average Bonchev–Trinajstić information content (AvgIpc) is 3.22. The summed E-state index contributed by atoms with van der Waals surface area (Å²) < 4.78 is 0. The Labute approximate surface area is 147 Å². The third-order valence-electron chi connectivity index (χ3n) is 4.63. The van der Waals surface area contributed by atoms with E-state index in [1.807, 2.05) is 30.7 Å². The molecule has 0 aromatic rings. The van der Waals surface area contributed by atoms with Crippen LogP contribution in [0, 0.1) is 12.3 Å². The van der Waals surface area contributed by atoms with Crippen LogP contribution in [0.5, 0.6) is 0 Å².